The maximum Gasteiger partial charge on any atom is 0.257 e. The second-order valence-electron chi connectivity index (χ2n) is 3.57. The van der Waals surface area contributed by atoms with E-state index in [0.717, 1.165) is 0 Å². The molecule has 0 radical (unpaired) electrons. The Bertz CT molecular complexity index is 608. The van der Waals surface area contributed by atoms with E-state index in [0.29, 0.717) is 17.2 Å². The van der Waals surface area contributed by atoms with E-state index >= 15 is 0 Å². The molecule has 1 aromatic heterocycles. The molecule has 0 unspecified atom stereocenters. The number of rotatable bonds is 2. The van der Waals surface area contributed by atoms with Crippen LogP contribution in [0.5, 0.6) is 0 Å². The van der Waals surface area contributed by atoms with Gasteiger partial charge >= 0.3 is 0 Å². The average molecular weight is 287 g/mol. The number of aromatic nitrogens is 1. The standard InChI is InChI=1S/C12H6ClF3N2O/c13-7-1-2-10(17-5-7)18-12(19)6-3-8(14)11(16)9(15)4-6/h1-5H,(H,17,18,19). The summed E-state index contributed by atoms with van der Waals surface area (Å²) in [6.07, 6.45) is 1.29. The second-order valence-corrected chi connectivity index (χ2v) is 4.01. The van der Waals surface area contributed by atoms with Gasteiger partial charge in [-0.1, -0.05) is 11.6 Å². The van der Waals surface area contributed by atoms with Crippen LogP contribution in [-0.2, 0) is 0 Å². The number of carbonyl (C=O) groups excluding carboxylic acids is 1. The number of anilines is 1. The lowest BCUT2D eigenvalue weighted by molar-refractivity contribution is 0.102. The Labute approximate surface area is 111 Å². The molecule has 1 aromatic carbocycles. The Balaban J connectivity index is 2.23. The number of nitrogens with one attached hydrogen (secondary N) is 1. The molecule has 0 saturated carbocycles. The van der Waals surface area contributed by atoms with Crippen LogP contribution in [0.4, 0.5) is 19.0 Å². The molecule has 2 rings (SSSR count). The summed E-state index contributed by atoms with van der Waals surface area (Å²) < 4.78 is 38.7. The molecular weight excluding hydrogens is 281 g/mol. The van der Waals surface area contributed by atoms with Crippen molar-refractivity contribution in [1.29, 1.82) is 0 Å². The summed E-state index contributed by atoms with van der Waals surface area (Å²) >= 11 is 5.61. The van der Waals surface area contributed by atoms with Crippen LogP contribution in [0.2, 0.25) is 5.02 Å². The van der Waals surface area contributed by atoms with Crippen molar-refractivity contribution in [2.75, 3.05) is 5.32 Å². The van der Waals surface area contributed by atoms with E-state index in [1.807, 2.05) is 0 Å². The maximum atomic E-state index is 13.0. The number of hydrogen-bond donors (Lipinski definition) is 1. The largest absolute Gasteiger partial charge is 0.307 e. The number of carbonyl (C=O) groups is 1. The van der Waals surface area contributed by atoms with Gasteiger partial charge in [0.05, 0.1) is 5.02 Å². The molecule has 98 valence electrons. The van der Waals surface area contributed by atoms with Gasteiger partial charge in [0.25, 0.3) is 5.91 Å². The van der Waals surface area contributed by atoms with E-state index in [1.54, 1.807) is 0 Å². The van der Waals surface area contributed by atoms with Gasteiger partial charge in [0.15, 0.2) is 17.5 Å². The van der Waals surface area contributed by atoms with E-state index in [1.165, 1.54) is 18.3 Å². The molecule has 0 atom stereocenters. The van der Waals surface area contributed by atoms with Crippen molar-refractivity contribution < 1.29 is 18.0 Å². The number of amides is 1. The predicted octanol–water partition coefficient (Wildman–Crippen LogP) is 3.40. The van der Waals surface area contributed by atoms with Crippen LogP contribution >= 0.6 is 11.6 Å². The molecule has 0 fully saturated rings. The van der Waals surface area contributed by atoms with Crippen LogP contribution in [0.15, 0.2) is 30.5 Å². The lowest BCUT2D eigenvalue weighted by Crippen LogP contribution is -2.14. The van der Waals surface area contributed by atoms with Gasteiger partial charge in [0, 0.05) is 11.8 Å². The average Bonchev–Trinajstić information content (AvgIpc) is 2.38. The minimum Gasteiger partial charge on any atom is -0.307 e. The van der Waals surface area contributed by atoms with Crippen LogP contribution < -0.4 is 5.32 Å². The van der Waals surface area contributed by atoms with Crippen LogP contribution in [-0.4, -0.2) is 10.9 Å². The summed E-state index contributed by atoms with van der Waals surface area (Å²) in [7, 11) is 0. The second kappa shape index (κ2) is 5.27. The minimum absolute atomic E-state index is 0.152. The molecule has 0 saturated heterocycles. The zero-order chi connectivity index (χ0) is 14.0. The fourth-order valence-corrected chi connectivity index (χ4v) is 1.44. The number of benzene rings is 1. The number of hydrogen-bond acceptors (Lipinski definition) is 2. The molecule has 2 aromatic rings. The van der Waals surface area contributed by atoms with Gasteiger partial charge in [-0.15, -0.1) is 0 Å². The summed E-state index contributed by atoms with van der Waals surface area (Å²) in [5.41, 5.74) is -0.354. The van der Waals surface area contributed by atoms with Crippen molar-refractivity contribution in [2.45, 2.75) is 0 Å². The van der Waals surface area contributed by atoms with Gasteiger partial charge in [-0.2, -0.15) is 0 Å². The number of pyridine rings is 1. The van der Waals surface area contributed by atoms with E-state index < -0.39 is 23.4 Å². The Hall–Kier alpha value is -2.08. The Morgan fingerprint density at radius 2 is 1.79 bits per heavy atom. The highest BCUT2D eigenvalue weighted by Crippen LogP contribution is 2.15. The molecule has 19 heavy (non-hydrogen) atoms. The van der Waals surface area contributed by atoms with E-state index in [4.69, 9.17) is 11.6 Å². The number of nitrogens with zero attached hydrogens (tertiary/aromatic N) is 1. The van der Waals surface area contributed by atoms with E-state index in [2.05, 4.69) is 10.3 Å². The molecular formula is C12H6ClF3N2O. The van der Waals surface area contributed by atoms with E-state index in [-0.39, 0.29) is 11.4 Å². The quantitative estimate of drug-likeness (QED) is 0.860. The summed E-state index contributed by atoms with van der Waals surface area (Å²) in [6.45, 7) is 0. The molecule has 7 heteroatoms. The molecule has 0 bridgehead atoms. The minimum atomic E-state index is -1.62. The SMILES string of the molecule is O=C(Nc1ccc(Cl)cn1)c1cc(F)c(F)c(F)c1. The van der Waals surface area contributed by atoms with Gasteiger partial charge in [0.2, 0.25) is 0 Å². The van der Waals surface area contributed by atoms with Gasteiger partial charge in [-0.25, -0.2) is 18.2 Å². The monoisotopic (exact) mass is 286 g/mol. The first-order chi connectivity index (χ1) is 8.97. The highest BCUT2D eigenvalue weighted by Gasteiger charge is 2.15. The van der Waals surface area contributed by atoms with Crippen LogP contribution in [0, 0.1) is 17.5 Å². The summed E-state index contributed by atoms with van der Waals surface area (Å²) in [6, 6.07) is 4.10. The third-order valence-electron chi connectivity index (χ3n) is 2.21. The topological polar surface area (TPSA) is 42.0 Å². The summed E-state index contributed by atoms with van der Waals surface area (Å²) in [5, 5.41) is 2.67. The van der Waals surface area contributed by atoms with Gasteiger partial charge in [-0.05, 0) is 24.3 Å². The third-order valence-corrected chi connectivity index (χ3v) is 2.44. The molecule has 0 aliphatic rings. The summed E-state index contributed by atoms with van der Waals surface area (Å²) in [4.78, 5) is 15.5. The highest BCUT2D eigenvalue weighted by molar-refractivity contribution is 6.30. The highest BCUT2D eigenvalue weighted by atomic mass is 35.5. The number of halogens is 4. The van der Waals surface area contributed by atoms with Gasteiger partial charge in [0.1, 0.15) is 5.82 Å². The van der Waals surface area contributed by atoms with E-state index in [9.17, 15) is 18.0 Å². The summed E-state index contributed by atoms with van der Waals surface area (Å²) in [5.74, 6) is -5.16. The normalized spacial score (nSPS) is 10.3. The molecule has 1 N–H and O–H groups in total. The Morgan fingerprint density at radius 1 is 1.16 bits per heavy atom. The smallest absolute Gasteiger partial charge is 0.257 e. The fourth-order valence-electron chi connectivity index (χ4n) is 1.32. The molecule has 0 aliphatic heterocycles. The Morgan fingerprint density at radius 3 is 2.32 bits per heavy atom. The lowest BCUT2D eigenvalue weighted by Gasteiger charge is -2.05. The van der Waals surface area contributed by atoms with Crippen molar-refractivity contribution in [3.63, 3.8) is 0 Å². The van der Waals surface area contributed by atoms with Gasteiger partial charge in [-0.3, -0.25) is 4.79 Å². The van der Waals surface area contributed by atoms with Crippen molar-refractivity contribution in [1.82, 2.24) is 4.98 Å². The van der Waals surface area contributed by atoms with Crippen molar-refractivity contribution >= 4 is 23.3 Å². The lowest BCUT2D eigenvalue weighted by atomic mass is 10.2. The van der Waals surface area contributed by atoms with Gasteiger partial charge < -0.3 is 5.32 Å². The van der Waals surface area contributed by atoms with Crippen LogP contribution in [0.1, 0.15) is 10.4 Å². The third kappa shape index (κ3) is 3.03. The molecule has 3 nitrogen and oxygen atoms in total. The maximum absolute atomic E-state index is 13.0. The van der Waals surface area contributed by atoms with Crippen LogP contribution in [0.3, 0.4) is 0 Å². The molecule has 0 aliphatic carbocycles. The molecule has 1 amide bonds. The first kappa shape index (κ1) is 13.4. The Kier molecular flexibility index (Phi) is 3.71. The molecule has 1 heterocycles. The molecule has 0 spiro atoms. The van der Waals surface area contributed by atoms with Crippen molar-refractivity contribution in [2.24, 2.45) is 0 Å². The first-order valence-electron chi connectivity index (χ1n) is 5.05. The van der Waals surface area contributed by atoms with Crippen molar-refractivity contribution in [3.05, 3.63) is 58.5 Å². The predicted molar refractivity (Wildman–Crippen MR) is 63.5 cm³/mol. The zero-order valence-corrected chi connectivity index (χ0v) is 10.0. The fraction of sp³-hybridized carbons (Fsp3) is 0. The van der Waals surface area contributed by atoms with Crippen molar-refractivity contribution in [3.8, 4) is 0 Å². The first-order valence-corrected chi connectivity index (χ1v) is 5.42. The zero-order valence-electron chi connectivity index (χ0n) is 9.25. The van der Waals surface area contributed by atoms with Crippen LogP contribution in [0.25, 0.3) is 0 Å².